The highest BCUT2D eigenvalue weighted by atomic mass is 35.5. The maximum absolute atomic E-state index is 12.3. The number of carbonyl (C=O) groups is 3. The number of amides is 2. The molecule has 0 saturated heterocycles. The maximum atomic E-state index is 12.3. The van der Waals surface area contributed by atoms with E-state index in [0.717, 1.165) is 10.8 Å². The Kier molecular flexibility index (Phi) is 6.81. The van der Waals surface area contributed by atoms with Crippen LogP contribution in [0.1, 0.15) is 23.2 Å². The van der Waals surface area contributed by atoms with Crippen LogP contribution in [-0.2, 0) is 9.59 Å². The number of Topliss-reactive ketones (excluding diaryl/α,β-unsaturated/α-hetero) is 1. The van der Waals surface area contributed by atoms with Crippen LogP contribution < -0.4 is 15.6 Å². The van der Waals surface area contributed by atoms with E-state index >= 15 is 0 Å². The highest BCUT2D eigenvalue weighted by molar-refractivity contribution is 6.32. The number of halogens is 1. The number of para-hydroxylation sites is 1. The molecule has 3 aromatic carbocycles. The number of benzene rings is 3. The minimum Gasteiger partial charge on any atom is -0.482 e. The molecule has 7 heteroatoms. The number of nitrogens with one attached hydrogen (secondary N) is 2. The van der Waals surface area contributed by atoms with Gasteiger partial charge in [0.1, 0.15) is 5.75 Å². The van der Waals surface area contributed by atoms with Gasteiger partial charge < -0.3 is 4.74 Å². The van der Waals surface area contributed by atoms with Gasteiger partial charge in [0, 0.05) is 18.4 Å². The lowest BCUT2D eigenvalue weighted by Gasteiger charge is -2.09. The zero-order valence-electron chi connectivity index (χ0n) is 15.5. The average molecular weight is 411 g/mol. The van der Waals surface area contributed by atoms with Gasteiger partial charge in [-0.05, 0) is 29.0 Å². The van der Waals surface area contributed by atoms with Gasteiger partial charge in [0.25, 0.3) is 5.91 Å². The topological polar surface area (TPSA) is 84.5 Å². The minimum atomic E-state index is -0.542. The van der Waals surface area contributed by atoms with Crippen molar-refractivity contribution in [1.29, 1.82) is 0 Å². The van der Waals surface area contributed by atoms with Crippen molar-refractivity contribution in [2.24, 2.45) is 0 Å². The summed E-state index contributed by atoms with van der Waals surface area (Å²) >= 11 is 5.93. The molecule has 0 aliphatic carbocycles. The molecule has 0 radical (unpaired) electrons. The molecule has 0 heterocycles. The number of hydrogen-bond donors (Lipinski definition) is 2. The molecule has 0 fully saturated rings. The molecule has 3 aromatic rings. The van der Waals surface area contributed by atoms with Crippen molar-refractivity contribution in [2.75, 3.05) is 6.61 Å². The largest absolute Gasteiger partial charge is 0.482 e. The Bertz CT molecular complexity index is 1050. The van der Waals surface area contributed by atoms with Gasteiger partial charge in [-0.25, -0.2) is 0 Å². The molecule has 0 bridgehead atoms. The average Bonchev–Trinajstić information content (AvgIpc) is 2.75. The first kappa shape index (κ1) is 20.4. The predicted molar refractivity (Wildman–Crippen MR) is 111 cm³/mol. The fourth-order valence-electron chi connectivity index (χ4n) is 2.68. The lowest BCUT2D eigenvalue weighted by atomic mass is 10.0. The van der Waals surface area contributed by atoms with Crippen LogP contribution in [0.15, 0.2) is 66.7 Å². The second kappa shape index (κ2) is 9.71. The highest BCUT2D eigenvalue weighted by Gasteiger charge is 2.11. The first-order valence-corrected chi connectivity index (χ1v) is 9.38. The molecule has 0 atom stereocenters. The van der Waals surface area contributed by atoms with E-state index in [1.54, 1.807) is 30.3 Å². The summed E-state index contributed by atoms with van der Waals surface area (Å²) in [6, 6.07) is 19.9. The standard InChI is InChI=1S/C22H19ClN2O4/c23-18-7-3-4-8-20(18)29-14-22(28)25-24-21(27)12-11-19(26)17-10-9-15-5-1-2-6-16(15)13-17/h1-10,13H,11-12,14H2,(H,24,27)(H,25,28). The molecule has 0 aliphatic rings. The molecule has 2 amide bonds. The van der Waals surface area contributed by atoms with E-state index < -0.39 is 11.8 Å². The molecule has 6 nitrogen and oxygen atoms in total. The van der Waals surface area contributed by atoms with Crippen molar-refractivity contribution in [1.82, 2.24) is 10.9 Å². The molecule has 29 heavy (non-hydrogen) atoms. The summed E-state index contributed by atoms with van der Waals surface area (Å²) in [7, 11) is 0. The van der Waals surface area contributed by atoms with E-state index in [9.17, 15) is 14.4 Å². The van der Waals surface area contributed by atoms with Crippen LogP contribution >= 0.6 is 11.6 Å². The molecule has 0 aliphatic heterocycles. The van der Waals surface area contributed by atoms with Gasteiger partial charge in [-0.1, -0.05) is 60.1 Å². The quantitative estimate of drug-likeness (QED) is 0.459. The van der Waals surface area contributed by atoms with Crippen molar-refractivity contribution in [2.45, 2.75) is 12.8 Å². The third kappa shape index (κ3) is 5.80. The van der Waals surface area contributed by atoms with Crippen molar-refractivity contribution >= 4 is 40.0 Å². The van der Waals surface area contributed by atoms with Gasteiger partial charge in [-0.15, -0.1) is 0 Å². The Morgan fingerprint density at radius 3 is 2.28 bits per heavy atom. The van der Waals surface area contributed by atoms with Gasteiger partial charge in [0.05, 0.1) is 5.02 Å². The van der Waals surface area contributed by atoms with E-state index in [-0.39, 0.29) is 25.2 Å². The van der Waals surface area contributed by atoms with Gasteiger partial charge >= 0.3 is 0 Å². The maximum Gasteiger partial charge on any atom is 0.276 e. The summed E-state index contributed by atoms with van der Waals surface area (Å²) in [6.07, 6.45) is -0.00647. The molecule has 0 aromatic heterocycles. The predicted octanol–water partition coefficient (Wildman–Crippen LogP) is 3.68. The van der Waals surface area contributed by atoms with Crippen molar-refractivity contribution < 1.29 is 19.1 Å². The molecule has 2 N–H and O–H groups in total. The van der Waals surface area contributed by atoms with Crippen molar-refractivity contribution in [3.8, 4) is 5.75 Å². The zero-order valence-corrected chi connectivity index (χ0v) is 16.2. The number of hydrogen-bond acceptors (Lipinski definition) is 4. The lowest BCUT2D eigenvalue weighted by molar-refractivity contribution is -0.130. The molecular weight excluding hydrogens is 392 g/mol. The lowest BCUT2D eigenvalue weighted by Crippen LogP contribution is -2.43. The summed E-state index contributed by atoms with van der Waals surface area (Å²) in [5.74, 6) is -0.778. The Balaban J connectivity index is 1.41. The monoisotopic (exact) mass is 410 g/mol. The Labute approximate surface area is 172 Å². The number of ether oxygens (including phenoxy) is 1. The third-order valence-corrected chi connectivity index (χ3v) is 4.50. The minimum absolute atomic E-state index is 0.0379. The summed E-state index contributed by atoms with van der Waals surface area (Å²) < 4.78 is 5.27. The number of rotatable bonds is 7. The fourth-order valence-corrected chi connectivity index (χ4v) is 2.87. The van der Waals surface area contributed by atoms with Crippen LogP contribution in [0.3, 0.4) is 0 Å². The van der Waals surface area contributed by atoms with Gasteiger partial charge in [-0.2, -0.15) is 0 Å². The number of ketones is 1. The first-order valence-electron chi connectivity index (χ1n) is 9.00. The molecule has 0 unspecified atom stereocenters. The van der Waals surface area contributed by atoms with Crippen LogP contribution in [0.25, 0.3) is 10.8 Å². The molecule has 148 valence electrons. The van der Waals surface area contributed by atoms with Crippen LogP contribution in [-0.4, -0.2) is 24.2 Å². The summed E-state index contributed by atoms with van der Waals surface area (Å²) in [5.41, 5.74) is 5.06. The Hall–Kier alpha value is -3.38. The fraction of sp³-hybridized carbons (Fsp3) is 0.136. The second-order valence-electron chi connectivity index (χ2n) is 6.30. The SMILES string of the molecule is O=C(CCC(=O)c1ccc2ccccc2c1)NNC(=O)COc1ccccc1Cl. The third-order valence-electron chi connectivity index (χ3n) is 4.19. The molecule has 3 rings (SSSR count). The summed E-state index contributed by atoms with van der Waals surface area (Å²) in [6.45, 7) is -0.306. The van der Waals surface area contributed by atoms with E-state index in [4.69, 9.17) is 16.3 Å². The normalized spacial score (nSPS) is 10.4. The van der Waals surface area contributed by atoms with Crippen molar-refractivity contribution in [3.63, 3.8) is 0 Å². The summed E-state index contributed by atoms with van der Waals surface area (Å²) in [5, 5.41) is 2.40. The van der Waals surface area contributed by atoms with E-state index in [2.05, 4.69) is 10.9 Å². The Morgan fingerprint density at radius 2 is 1.48 bits per heavy atom. The highest BCUT2D eigenvalue weighted by Crippen LogP contribution is 2.22. The van der Waals surface area contributed by atoms with Crippen LogP contribution in [0.5, 0.6) is 5.75 Å². The summed E-state index contributed by atoms with van der Waals surface area (Å²) in [4.78, 5) is 36.0. The Morgan fingerprint density at radius 1 is 0.793 bits per heavy atom. The van der Waals surface area contributed by atoms with Gasteiger partial charge in [0.2, 0.25) is 5.91 Å². The van der Waals surface area contributed by atoms with Crippen LogP contribution in [0, 0.1) is 0 Å². The second-order valence-corrected chi connectivity index (χ2v) is 6.71. The van der Waals surface area contributed by atoms with E-state index in [1.165, 1.54) is 0 Å². The first-order chi connectivity index (χ1) is 14.0. The van der Waals surface area contributed by atoms with E-state index in [0.29, 0.717) is 16.3 Å². The number of carbonyl (C=O) groups excluding carboxylic acids is 3. The molecular formula is C22H19ClN2O4. The van der Waals surface area contributed by atoms with Gasteiger partial charge in [0.15, 0.2) is 12.4 Å². The van der Waals surface area contributed by atoms with Gasteiger partial charge in [-0.3, -0.25) is 25.2 Å². The van der Waals surface area contributed by atoms with E-state index in [1.807, 2.05) is 36.4 Å². The number of fused-ring (bicyclic) bond motifs is 1. The smallest absolute Gasteiger partial charge is 0.276 e. The molecule has 0 saturated carbocycles. The van der Waals surface area contributed by atoms with Crippen LogP contribution in [0.2, 0.25) is 5.02 Å². The van der Waals surface area contributed by atoms with Crippen LogP contribution in [0.4, 0.5) is 0 Å². The molecule has 0 spiro atoms. The zero-order chi connectivity index (χ0) is 20.6. The van der Waals surface area contributed by atoms with Crippen molar-refractivity contribution in [3.05, 3.63) is 77.3 Å². The number of hydrazine groups is 1.